The Bertz CT molecular complexity index is 722. The molecule has 5 heteroatoms. The number of rotatable bonds is 1. The first kappa shape index (κ1) is 10.1. The SMILES string of the molecule is N#Cc1c(-c2ccco2)nc2c(Br)cccn12. The molecule has 0 aliphatic heterocycles. The lowest BCUT2D eigenvalue weighted by Gasteiger charge is -1.95. The lowest BCUT2D eigenvalue weighted by molar-refractivity contribution is 0.580. The number of fused-ring (bicyclic) bond motifs is 1. The van der Waals surface area contributed by atoms with E-state index in [0.717, 1.165) is 4.47 Å². The highest BCUT2D eigenvalue weighted by Gasteiger charge is 2.16. The number of nitrogens with zero attached hydrogens (tertiary/aromatic N) is 3. The number of hydrogen-bond donors (Lipinski definition) is 0. The zero-order valence-electron chi connectivity index (χ0n) is 8.59. The maximum absolute atomic E-state index is 9.23. The van der Waals surface area contributed by atoms with Crippen molar-refractivity contribution in [2.45, 2.75) is 0 Å². The van der Waals surface area contributed by atoms with Crippen LogP contribution in [0.5, 0.6) is 0 Å². The lowest BCUT2D eigenvalue weighted by atomic mass is 10.3. The van der Waals surface area contributed by atoms with Crippen LogP contribution in [0.15, 0.2) is 45.6 Å². The van der Waals surface area contributed by atoms with Crippen molar-refractivity contribution in [1.82, 2.24) is 9.38 Å². The Morgan fingerprint density at radius 2 is 2.24 bits per heavy atom. The number of pyridine rings is 1. The van der Waals surface area contributed by atoms with Gasteiger partial charge in [-0.05, 0) is 40.2 Å². The molecular weight excluding hydrogens is 282 g/mol. The van der Waals surface area contributed by atoms with Gasteiger partial charge in [0.25, 0.3) is 0 Å². The highest BCUT2D eigenvalue weighted by atomic mass is 79.9. The summed E-state index contributed by atoms with van der Waals surface area (Å²) in [6.45, 7) is 0. The standard InChI is InChI=1S/C12H6BrN3O/c13-8-3-1-5-16-9(7-14)11(15-12(8)16)10-4-2-6-17-10/h1-6H. The summed E-state index contributed by atoms with van der Waals surface area (Å²) in [7, 11) is 0. The van der Waals surface area contributed by atoms with E-state index in [2.05, 4.69) is 27.0 Å². The third kappa shape index (κ3) is 1.46. The van der Waals surface area contributed by atoms with E-state index < -0.39 is 0 Å². The molecule has 0 unspecified atom stereocenters. The van der Waals surface area contributed by atoms with E-state index in [1.807, 2.05) is 12.1 Å². The molecule has 3 heterocycles. The van der Waals surface area contributed by atoms with Gasteiger partial charge in [-0.1, -0.05) is 0 Å². The highest BCUT2D eigenvalue weighted by Crippen LogP contribution is 2.27. The molecular formula is C12H6BrN3O. The third-order valence-corrected chi connectivity index (χ3v) is 3.08. The molecule has 0 radical (unpaired) electrons. The van der Waals surface area contributed by atoms with E-state index >= 15 is 0 Å². The van der Waals surface area contributed by atoms with Gasteiger partial charge in [-0.2, -0.15) is 5.26 Å². The molecule has 0 saturated carbocycles. The predicted molar refractivity (Wildman–Crippen MR) is 65.3 cm³/mol. The average molecular weight is 288 g/mol. The summed E-state index contributed by atoms with van der Waals surface area (Å²) in [4.78, 5) is 4.43. The van der Waals surface area contributed by atoms with Crippen molar-refractivity contribution in [3.8, 4) is 17.5 Å². The first-order chi connectivity index (χ1) is 8.31. The number of imidazole rings is 1. The van der Waals surface area contributed by atoms with Crippen molar-refractivity contribution in [1.29, 1.82) is 5.26 Å². The second kappa shape index (κ2) is 3.75. The fraction of sp³-hybridized carbons (Fsp3) is 0. The molecule has 17 heavy (non-hydrogen) atoms. The van der Waals surface area contributed by atoms with E-state index in [0.29, 0.717) is 22.8 Å². The first-order valence-electron chi connectivity index (χ1n) is 4.92. The van der Waals surface area contributed by atoms with Gasteiger partial charge in [0.15, 0.2) is 17.1 Å². The van der Waals surface area contributed by atoms with Crippen LogP contribution in [0.1, 0.15) is 5.69 Å². The summed E-state index contributed by atoms with van der Waals surface area (Å²) in [6, 6.07) is 9.45. The van der Waals surface area contributed by atoms with Crippen molar-refractivity contribution in [2.75, 3.05) is 0 Å². The second-order valence-corrected chi connectivity index (χ2v) is 4.30. The largest absolute Gasteiger partial charge is 0.463 e. The summed E-state index contributed by atoms with van der Waals surface area (Å²) >= 11 is 3.41. The minimum absolute atomic E-state index is 0.469. The summed E-state index contributed by atoms with van der Waals surface area (Å²) < 4.78 is 7.87. The van der Waals surface area contributed by atoms with Crippen LogP contribution in [0, 0.1) is 11.3 Å². The molecule has 0 N–H and O–H groups in total. The summed E-state index contributed by atoms with van der Waals surface area (Å²) in [6.07, 6.45) is 3.37. The first-order valence-corrected chi connectivity index (χ1v) is 5.71. The van der Waals surface area contributed by atoms with E-state index in [9.17, 15) is 5.26 Å². The van der Waals surface area contributed by atoms with Crippen LogP contribution in [0.25, 0.3) is 17.1 Å². The Kier molecular flexibility index (Phi) is 2.23. The van der Waals surface area contributed by atoms with Crippen LogP contribution < -0.4 is 0 Å². The molecule has 3 aromatic rings. The molecule has 4 nitrogen and oxygen atoms in total. The molecule has 82 valence electrons. The molecule has 0 saturated heterocycles. The number of halogens is 1. The molecule has 0 spiro atoms. The van der Waals surface area contributed by atoms with E-state index in [1.54, 1.807) is 29.0 Å². The predicted octanol–water partition coefficient (Wildman–Crippen LogP) is 3.23. The van der Waals surface area contributed by atoms with Crippen molar-refractivity contribution >= 4 is 21.6 Å². The van der Waals surface area contributed by atoms with Gasteiger partial charge in [-0.25, -0.2) is 4.98 Å². The molecule has 3 aromatic heterocycles. The van der Waals surface area contributed by atoms with Crippen molar-refractivity contribution in [3.05, 3.63) is 46.9 Å². The van der Waals surface area contributed by atoms with Crippen LogP contribution in [0.4, 0.5) is 0 Å². The average Bonchev–Trinajstić information content (AvgIpc) is 2.95. The van der Waals surface area contributed by atoms with Gasteiger partial charge in [0.1, 0.15) is 11.8 Å². The fourth-order valence-corrected chi connectivity index (χ4v) is 2.16. The molecule has 0 bridgehead atoms. The molecule has 0 aliphatic carbocycles. The maximum Gasteiger partial charge on any atom is 0.155 e. The molecule has 0 aromatic carbocycles. The van der Waals surface area contributed by atoms with Crippen LogP contribution >= 0.6 is 15.9 Å². The topological polar surface area (TPSA) is 54.2 Å². The van der Waals surface area contributed by atoms with Crippen LogP contribution in [0.2, 0.25) is 0 Å². The Hall–Kier alpha value is -2.06. The third-order valence-electron chi connectivity index (χ3n) is 2.46. The van der Waals surface area contributed by atoms with Gasteiger partial charge in [0.05, 0.1) is 10.7 Å². The Morgan fingerprint density at radius 1 is 1.35 bits per heavy atom. The van der Waals surface area contributed by atoms with Crippen LogP contribution in [-0.2, 0) is 0 Å². The zero-order valence-corrected chi connectivity index (χ0v) is 10.2. The minimum atomic E-state index is 0.469. The van der Waals surface area contributed by atoms with E-state index in [1.165, 1.54) is 0 Å². The van der Waals surface area contributed by atoms with Crippen molar-refractivity contribution in [2.24, 2.45) is 0 Å². The highest BCUT2D eigenvalue weighted by molar-refractivity contribution is 9.10. The number of hydrogen-bond acceptors (Lipinski definition) is 3. The smallest absolute Gasteiger partial charge is 0.155 e. The van der Waals surface area contributed by atoms with E-state index in [-0.39, 0.29) is 0 Å². The van der Waals surface area contributed by atoms with Crippen LogP contribution in [0.3, 0.4) is 0 Å². The van der Waals surface area contributed by atoms with Crippen molar-refractivity contribution < 1.29 is 4.42 Å². The minimum Gasteiger partial charge on any atom is -0.463 e. The van der Waals surface area contributed by atoms with Gasteiger partial charge in [-0.15, -0.1) is 0 Å². The number of furan rings is 1. The van der Waals surface area contributed by atoms with Gasteiger partial charge in [0.2, 0.25) is 0 Å². The van der Waals surface area contributed by atoms with Gasteiger partial charge in [0, 0.05) is 6.20 Å². The van der Waals surface area contributed by atoms with Crippen LogP contribution in [-0.4, -0.2) is 9.38 Å². The number of nitriles is 1. The zero-order chi connectivity index (χ0) is 11.8. The summed E-state index contributed by atoms with van der Waals surface area (Å²) in [5, 5.41) is 9.23. The molecule has 3 rings (SSSR count). The summed E-state index contributed by atoms with van der Waals surface area (Å²) in [5.74, 6) is 0.595. The van der Waals surface area contributed by atoms with Gasteiger partial charge < -0.3 is 4.42 Å². The number of aromatic nitrogens is 2. The molecule has 0 amide bonds. The van der Waals surface area contributed by atoms with Crippen molar-refractivity contribution in [3.63, 3.8) is 0 Å². The van der Waals surface area contributed by atoms with Gasteiger partial charge in [-0.3, -0.25) is 4.40 Å². The molecule has 0 aliphatic rings. The Balaban J connectivity index is 2.41. The maximum atomic E-state index is 9.23. The Labute approximate surface area is 105 Å². The monoisotopic (exact) mass is 287 g/mol. The second-order valence-electron chi connectivity index (χ2n) is 3.45. The van der Waals surface area contributed by atoms with E-state index in [4.69, 9.17) is 4.42 Å². The fourth-order valence-electron chi connectivity index (χ4n) is 1.73. The lowest BCUT2D eigenvalue weighted by Crippen LogP contribution is -1.88. The quantitative estimate of drug-likeness (QED) is 0.690. The Morgan fingerprint density at radius 3 is 2.94 bits per heavy atom. The van der Waals surface area contributed by atoms with Gasteiger partial charge >= 0.3 is 0 Å². The molecule has 0 atom stereocenters. The molecule has 0 fully saturated rings. The normalized spacial score (nSPS) is 10.6. The summed E-state index contributed by atoms with van der Waals surface area (Å²) in [5.41, 5.74) is 1.73.